The first-order chi connectivity index (χ1) is 7.16. The van der Waals surface area contributed by atoms with Crippen LogP contribution >= 0.6 is 0 Å². The summed E-state index contributed by atoms with van der Waals surface area (Å²) in [6.07, 6.45) is 2.85. The van der Waals surface area contributed by atoms with Gasteiger partial charge in [0.1, 0.15) is 0 Å². The normalized spacial score (nSPS) is 17.8. The minimum atomic E-state index is 0.492. The van der Waals surface area contributed by atoms with Crippen LogP contribution in [0.4, 0.5) is 0 Å². The van der Waals surface area contributed by atoms with Crippen molar-refractivity contribution in [1.29, 1.82) is 0 Å². The molecule has 0 spiro atoms. The summed E-state index contributed by atoms with van der Waals surface area (Å²) in [6.45, 7) is 7.81. The highest BCUT2D eigenvalue weighted by Crippen LogP contribution is 2.29. The van der Waals surface area contributed by atoms with Gasteiger partial charge in [0.15, 0.2) is 0 Å². The van der Waals surface area contributed by atoms with Crippen LogP contribution in [0.25, 0.3) is 0 Å². The molecule has 82 valence electrons. The summed E-state index contributed by atoms with van der Waals surface area (Å²) in [5.41, 5.74) is 4.21. The van der Waals surface area contributed by atoms with Crippen molar-refractivity contribution in [3.8, 4) is 0 Å². The Labute approximate surface area is 92.9 Å². The topological polar surface area (TPSA) is 12.0 Å². The number of aryl methyl sites for hydroxylation is 2. The highest BCUT2D eigenvalue weighted by Gasteiger charge is 2.21. The number of benzene rings is 1. The lowest BCUT2D eigenvalue weighted by atomic mass is 10.0. The van der Waals surface area contributed by atoms with Gasteiger partial charge in [-0.2, -0.15) is 0 Å². The van der Waals surface area contributed by atoms with E-state index in [0.717, 1.165) is 5.92 Å². The second-order valence-electron chi connectivity index (χ2n) is 4.93. The third-order valence-corrected chi connectivity index (χ3v) is 3.30. The molecule has 1 heteroatoms. The van der Waals surface area contributed by atoms with Gasteiger partial charge in [-0.25, -0.2) is 0 Å². The van der Waals surface area contributed by atoms with Crippen LogP contribution in [0.15, 0.2) is 18.2 Å². The first-order valence-corrected chi connectivity index (χ1v) is 5.97. The minimum Gasteiger partial charge on any atom is -0.310 e. The first kappa shape index (κ1) is 10.7. The molecule has 1 fully saturated rings. The third kappa shape index (κ3) is 2.82. The van der Waals surface area contributed by atoms with E-state index in [1.54, 1.807) is 0 Å². The van der Waals surface area contributed by atoms with E-state index in [1.807, 2.05) is 0 Å². The van der Waals surface area contributed by atoms with Crippen LogP contribution in [0.2, 0.25) is 0 Å². The summed E-state index contributed by atoms with van der Waals surface area (Å²) < 4.78 is 0. The summed E-state index contributed by atoms with van der Waals surface area (Å²) in [5.74, 6) is 0.957. The van der Waals surface area contributed by atoms with Gasteiger partial charge in [0.25, 0.3) is 0 Å². The molecule has 2 rings (SSSR count). The molecule has 0 radical (unpaired) electrons. The van der Waals surface area contributed by atoms with Crippen molar-refractivity contribution < 1.29 is 0 Å². The van der Waals surface area contributed by atoms with Gasteiger partial charge in [0.2, 0.25) is 0 Å². The molecule has 15 heavy (non-hydrogen) atoms. The van der Waals surface area contributed by atoms with E-state index < -0.39 is 0 Å². The Morgan fingerprint density at radius 3 is 2.67 bits per heavy atom. The summed E-state index contributed by atoms with van der Waals surface area (Å²) in [7, 11) is 0. The molecule has 1 aromatic carbocycles. The van der Waals surface area contributed by atoms with E-state index in [0.29, 0.717) is 6.04 Å². The molecule has 0 unspecified atom stereocenters. The van der Waals surface area contributed by atoms with Gasteiger partial charge in [-0.15, -0.1) is 0 Å². The maximum atomic E-state index is 3.62. The molecule has 1 N–H and O–H groups in total. The number of hydrogen-bond acceptors (Lipinski definition) is 1. The molecule has 1 atom stereocenters. The Morgan fingerprint density at radius 1 is 1.33 bits per heavy atom. The molecular formula is C14H21N. The minimum absolute atomic E-state index is 0.492. The third-order valence-electron chi connectivity index (χ3n) is 3.30. The van der Waals surface area contributed by atoms with Crippen molar-refractivity contribution in [2.75, 3.05) is 6.54 Å². The van der Waals surface area contributed by atoms with Crippen LogP contribution in [0.1, 0.15) is 42.5 Å². The van der Waals surface area contributed by atoms with E-state index in [-0.39, 0.29) is 0 Å². The standard InChI is InChI=1S/C14H21N/c1-10-4-7-14(11(2)8-10)12(3)15-9-13-5-6-13/h4,7-8,12-13,15H,5-6,9H2,1-3H3/t12-/m1/s1. The maximum Gasteiger partial charge on any atom is 0.0294 e. The van der Waals surface area contributed by atoms with Gasteiger partial charge >= 0.3 is 0 Å². The van der Waals surface area contributed by atoms with Gasteiger partial charge in [-0.3, -0.25) is 0 Å². The molecule has 1 aromatic rings. The number of nitrogens with one attached hydrogen (secondary N) is 1. The largest absolute Gasteiger partial charge is 0.310 e. The van der Waals surface area contributed by atoms with Gasteiger partial charge in [-0.05, 0) is 57.2 Å². The van der Waals surface area contributed by atoms with Crippen LogP contribution < -0.4 is 5.32 Å². The SMILES string of the molecule is Cc1ccc([C@@H](C)NCC2CC2)c(C)c1. The molecule has 1 saturated carbocycles. The van der Waals surface area contributed by atoms with Crippen LogP contribution in [-0.4, -0.2) is 6.54 Å². The molecular weight excluding hydrogens is 182 g/mol. The zero-order valence-corrected chi connectivity index (χ0v) is 10.0. The lowest BCUT2D eigenvalue weighted by Crippen LogP contribution is -2.21. The Hall–Kier alpha value is -0.820. The summed E-state index contributed by atoms with van der Waals surface area (Å²) in [5, 5.41) is 3.62. The van der Waals surface area contributed by atoms with Crippen LogP contribution in [-0.2, 0) is 0 Å². The van der Waals surface area contributed by atoms with Crippen molar-refractivity contribution >= 4 is 0 Å². The smallest absolute Gasteiger partial charge is 0.0294 e. The lowest BCUT2D eigenvalue weighted by Gasteiger charge is -2.16. The van der Waals surface area contributed by atoms with Crippen molar-refractivity contribution in [2.45, 2.75) is 39.7 Å². The van der Waals surface area contributed by atoms with E-state index in [4.69, 9.17) is 0 Å². The van der Waals surface area contributed by atoms with Gasteiger partial charge in [-0.1, -0.05) is 23.8 Å². The van der Waals surface area contributed by atoms with E-state index in [2.05, 4.69) is 44.3 Å². The fourth-order valence-electron chi connectivity index (χ4n) is 2.09. The van der Waals surface area contributed by atoms with Crippen molar-refractivity contribution in [2.24, 2.45) is 5.92 Å². The second-order valence-corrected chi connectivity index (χ2v) is 4.93. The molecule has 0 bridgehead atoms. The molecule has 0 saturated heterocycles. The Balaban J connectivity index is 1.99. The molecule has 0 heterocycles. The molecule has 0 amide bonds. The van der Waals surface area contributed by atoms with E-state index >= 15 is 0 Å². The van der Waals surface area contributed by atoms with Crippen LogP contribution in [0.3, 0.4) is 0 Å². The van der Waals surface area contributed by atoms with Crippen LogP contribution in [0.5, 0.6) is 0 Å². The van der Waals surface area contributed by atoms with Gasteiger partial charge in [0.05, 0.1) is 0 Å². The Bertz CT molecular complexity index is 339. The average molecular weight is 203 g/mol. The monoisotopic (exact) mass is 203 g/mol. The first-order valence-electron chi connectivity index (χ1n) is 5.97. The predicted molar refractivity (Wildman–Crippen MR) is 65.1 cm³/mol. The van der Waals surface area contributed by atoms with E-state index in [9.17, 15) is 0 Å². The molecule has 0 aromatic heterocycles. The lowest BCUT2D eigenvalue weighted by molar-refractivity contribution is 0.547. The predicted octanol–water partition coefficient (Wildman–Crippen LogP) is 3.36. The second kappa shape index (κ2) is 4.36. The molecule has 1 aliphatic carbocycles. The number of rotatable bonds is 4. The van der Waals surface area contributed by atoms with Crippen molar-refractivity contribution in [3.63, 3.8) is 0 Å². The van der Waals surface area contributed by atoms with Crippen LogP contribution in [0, 0.1) is 19.8 Å². The highest BCUT2D eigenvalue weighted by molar-refractivity contribution is 5.32. The van der Waals surface area contributed by atoms with Gasteiger partial charge in [0, 0.05) is 6.04 Å². The fraction of sp³-hybridized carbons (Fsp3) is 0.571. The summed E-state index contributed by atoms with van der Waals surface area (Å²) in [4.78, 5) is 0. The highest BCUT2D eigenvalue weighted by atomic mass is 14.9. The fourth-order valence-corrected chi connectivity index (χ4v) is 2.09. The zero-order chi connectivity index (χ0) is 10.8. The van der Waals surface area contributed by atoms with Crippen molar-refractivity contribution in [3.05, 3.63) is 34.9 Å². The van der Waals surface area contributed by atoms with E-state index in [1.165, 1.54) is 36.1 Å². The maximum absolute atomic E-state index is 3.62. The molecule has 0 aliphatic heterocycles. The molecule has 1 aliphatic rings. The Morgan fingerprint density at radius 2 is 2.07 bits per heavy atom. The Kier molecular flexibility index (Phi) is 3.11. The van der Waals surface area contributed by atoms with Gasteiger partial charge < -0.3 is 5.32 Å². The number of hydrogen-bond donors (Lipinski definition) is 1. The van der Waals surface area contributed by atoms with Crippen molar-refractivity contribution in [1.82, 2.24) is 5.32 Å². The quantitative estimate of drug-likeness (QED) is 0.791. The molecule has 1 nitrogen and oxygen atoms in total. The zero-order valence-electron chi connectivity index (χ0n) is 10.0. The average Bonchev–Trinajstić information content (AvgIpc) is 2.97. The summed E-state index contributed by atoms with van der Waals surface area (Å²) in [6, 6.07) is 7.23. The summed E-state index contributed by atoms with van der Waals surface area (Å²) >= 11 is 0.